The lowest BCUT2D eigenvalue weighted by Gasteiger charge is -2.07. The first-order valence-electron chi connectivity index (χ1n) is 5.56. The number of hydrazone groups is 1. The number of methoxy groups -OCH3 is 1. The molecule has 0 atom stereocenters. The van der Waals surface area contributed by atoms with Gasteiger partial charge in [0, 0.05) is 19.3 Å². The summed E-state index contributed by atoms with van der Waals surface area (Å²) >= 11 is 5.05. The summed E-state index contributed by atoms with van der Waals surface area (Å²) in [5.74, 6) is 0. The molecule has 0 saturated heterocycles. The molecule has 0 amide bonds. The SMILES string of the molecule is COCCNC(=S)N/N=C(/C)c1cccc(N)c1. The maximum absolute atomic E-state index is 5.71. The Hall–Kier alpha value is -1.66. The smallest absolute Gasteiger partial charge is 0.187 e. The van der Waals surface area contributed by atoms with E-state index in [1.54, 1.807) is 7.11 Å². The van der Waals surface area contributed by atoms with E-state index in [1.807, 2.05) is 31.2 Å². The number of thiocarbonyl (C=S) groups is 1. The largest absolute Gasteiger partial charge is 0.399 e. The minimum atomic E-state index is 0.468. The maximum Gasteiger partial charge on any atom is 0.187 e. The highest BCUT2D eigenvalue weighted by molar-refractivity contribution is 7.80. The van der Waals surface area contributed by atoms with Gasteiger partial charge < -0.3 is 15.8 Å². The van der Waals surface area contributed by atoms with Gasteiger partial charge in [0.1, 0.15) is 0 Å². The van der Waals surface area contributed by atoms with E-state index in [2.05, 4.69) is 15.8 Å². The van der Waals surface area contributed by atoms with Crippen LogP contribution in [0.1, 0.15) is 12.5 Å². The Morgan fingerprint density at radius 3 is 2.94 bits per heavy atom. The molecule has 0 aliphatic carbocycles. The summed E-state index contributed by atoms with van der Waals surface area (Å²) in [6.07, 6.45) is 0. The summed E-state index contributed by atoms with van der Waals surface area (Å²) in [6, 6.07) is 7.53. The van der Waals surface area contributed by atoms with Gasteiger partial charge in [0.2, 0.25) is 0 Å². The zero-order chi connectivity index (χ0) is 13.4. The average molecular weight is 266 g/mol. The molecule has 18 heavy (non-hydrogen) atoms. The minimum absolute atomic E-state index is 0.468. The molecule has 4 N–H and O–H groups in total. The van der Waals surface area contributed by atoms with Crippen LogP contribution in [0.25, 0.3) is 0 Å². The van der Waals surface area contributed by atoms with E-state index in [0.717, 1.165) is 11.3 Å². The number of hydrogen-bond acceptors (Lipinski definition) is 4. The van der Waals surface area contributed by atoms with Crippen molar-refractivity contribution in [1.82, 2.24) is 10.7 Å². The summed E-state index contributed by atoms with van der Waals surface area (Å²) < 4.78 is 4.90. The molecule has 0 aromatic heterocycles. The molecule has 1 aromatic carbocycles. The Morgan fingerprint density at radius 2 is 2.28 bits per heavy atom. The molecule has 0 unspecified atom stereocenters. The molecule has 1 aromatic rings. The van der Waals surface area contributed by atoms with Crippen LogP contribution in [0.2, 0.25) is 0 Å². The van der Waals surface area contributed by atoms with Crippen molar-refractivity contribution in [2.75, 3.05) is 26.0 Å². The number of rotatable bonds is 5. The topological polar surface area (TPSA) is 71.7 Å². The van der Waals surface area contributed by atoms with E-state index >= 15 is 0 Å². The predicted molar refractivity (Wildman–Crippen MR) is 78.7 cm³/mol. The van der Waals surface area contributed by atoms with Gasteiger partial charge in [-0.05, 0) is 36.8 Å². The monoisotopic (exact) mass is 266 g/mol. The van der Waals surface area contributed by atoms with Crippen LogP contribution in [0, 0.1) is 0 Å². The van der Waals surface area contributed by atoms with Crippen LogP contribution >= 0.6 is 12.2 Å². The van der Waals surface area contributed by atoms with Crippen molar-refractivity contribution in [3.05, 3.63) is 29.8 Å². The summed E-state index contributed by atoms with van der Waals surface area (Å²) in [4.78, 5) is 0. The Bertz CT molecular complexity index is 434. The maximum atomic E-state index is 5.71. The van der Waals surface area contributed by atoms with Crippen molar-refractivity contribution < 1.29 is 4.74 Å². The minimum Gasteiger partial charge on any atom is -0.399 e. The van der Waals surface area contributed by atoms with Gasteiger partial charge in [-0.1, -0.05) is 12.1 Å². The van der Waals surface area contributed by atoms with Gasteiger partial charge in [-0.2, -0.15) is 5.10 Å². The lowest BCUT2D eigenvalue weighted by atomic mass is 10.1. The van der Waals surface area contributed by atoms with Crippen LogP contribution < -0.4 is 16.5 Å². The molecule has 0 aliphatic heterocycles. The molecule has 0 fully saturated rings. The second-order valence-electron chi connectivity index (χ2n) is 3.68. The van der Waals surface area contributed by atoms with Crippen molar-refractivity contribution >= 4 is 28.7 Å². The number of anilines is 1. The van der Waals surface area contributed by atoms with E-state index in [-0.39, 0.29) is 0 Å². The fraction of sp³-hybridized carbons (Fsp3) is 0.333. The highest BCUT2D eigenvalue weighted by Crippen LogP contribution is 2.07. The molecular weight excluding hydrogens is 248 g/mol. The zero-order valence-corrected chi connectivity index (χ0v) is 11.4. The number of hydrogen-bond donors (Lipinski definition) is 3. The van der Waals surface area contributed by atoms with E-state index < -0.39 is 0 Å². The zero-order valence-electron chi connectivity index (χ0n) is 10.6. The normalized spacial score (nSPS) is 11.1. The molecule has 98 valence electrons. The number of benzene rings is 1. The number of nitrogens with zero attached hydrogens (tertiary/aromatic N) is 1. The van der Waals surface area contributed by atoms with Crippen LogP contribution in [0.5, 0.6) is 0 Å². The van der Waals surface area contributed by atoms with Gasteiger partial charge in [0.05, 0.1) is 12.3 Å². The van der Waals surface area contributed by atoms with Crippen molar-refractivity contribution in [1.29, 1.82) is 0 Å². The molecule has 0 spiro atoms. The molecule has 5 nitrogen and oxygen atoms in total. The lowest BCUT2D eigenvalue weighted by Crippen LogP contribution is -2.34. The number of nitrogens with two attached hydrogens (primary N) is 1. The third-order valence-electron chi connectivity index (χ3n) is 2.22. The highest BCUT2D eigenvalue weighted by atomic mass is 32.1. The molecule has 0 saturated carbocycles. The third-order valence-corrected chi connectivity index (χ3v) is 2.46. The Kier molecular flexibility index (Phi) is 6.10. The van der Waals surface area contributed by atoms with E-state index in [1.165, 1.54) is 0 Å². The average Bonchev–Trinajstić information content (AvgIpc) is 2.36. The third kappa shape index (κ3) is 5.11. The van der Waals surface area contributed by atoms with Crippen LogP contribution in [-0.2, 0) is 4.74 Å². The Labute approximate surface area is 112 Å². The first kappa shape index (κ1) is 14.4. The molecule has 0 aliphatic rings. The van der Waals surface area contributed by atoms with Crippen molar-refractivity contribution in [3.8, 4) is 0 Å². The predicted octanol–water partition coefficient (Wildman–Crippen LogP) is 1.10. The number of nitrogens with one attached hydrogen (secondary N) is 2. The number of ether oxygens (including phenoxy) is 1. The van der Waals surface area contributed by atoms with Gasteiger partial charge in [-0.3, -0.25) is 5.43 Å². The quantitative estimate of drug-likeness (QED) is 0.245. The molecule has 0 bridgehead atoms. The summed E-state index contributed by atoms with van der Waals surface area (Å²) in [5.41, 5.74) is 11.0. The van der Waals surface area contributed by atoms with Crippen molar-refractivity contribution in [2.24, 2.45) is 5.10 Å². The second-order valence-corrected chi connectivity index (χ2v) is 4.09. The van der Waals surface area contributed by atoms with Crippen LogP contribution in [0.3, 0.4) is 0 Å². The fourth-order valence-electron chi connectivity index (χ4n) is 1.27. The van der Waals surface area contributed by atoms with Crippen LogP contribution in [-0.4, -0.2) is 31.1 Å². The first-order valence-corrected chi connectivity index (χ1v) is 5.97. The first-order chi connectivity index (χ1) is 8.63. The second kappa shape index (κ2) is 7.62. The molecule has 1 rings (SSSR count). The summed E-state index contributed by atoms with van der Waals surface area (Å²) in [7, 11) is 1.64. The van der Waals surface area contributed by atoms with Gasteiger partial charge in [0.15, 0.2) is 5.11 Å². The van der Waals surface area contributed by atoms with Gasteiger partial charge in [0.25, 0.3) is 0 Å². The summed E-state index contributed by atoms with van der Waals surface area (Å²) in [6.45, 7) is 3.13. The van der Waals surface area contributed by atoms with E-state index in [0.29, 0.717) is 24.0 Å². The van der Waals surface area contributed by atoms with Crippen molar-refractivity contribution in [3.63, 3.8) is 0 Å². The Morgan fingerprint density at radius 1 is 1.50 bits per heavy atom. The van der Waals surface area contributed by atoms with E-state index in [4.69, 9.17) is 22.7 Å². The molecular formula is C12H18N4OS. The Balaban J connectivity index is 2.49. The van der Waals surface area contributed by atoms with Gasteiger partial charge >= 0.3 is 0 Å². The number of nitrogen functional groups attached to an aromatic ring is 1. The summed E-state index contributed by atoms with van der Waals surface area (Å²) in [5, 5.41) is 7.61. The van der Waals surface area contributed by atoms with Gasteiger partial charge in [-0.25, -0.2) is 0 Å². The van der Waals surface area contributed by atoms with Gasteiger partial charge in [-0.15, -0.1) is 0 Å². The molecule has 0 radical (unpaired) electrons. The lowest BCUT2D eigenvalue weighted by molar-refractivity contribution is 0.204. The highest BCUT2D eigenvalue weighted by Gasteiger charge is 1.98. The molecule has 6 heteroatoms. The van der Waals surface area contributed by atoms with Crippen LogP contribution in [0.4, 0.5) is 5.69 Å². The fourth-order valence-corrected chi connectivity index (χ4v) is 1.42. The molecule has 0 heterocycles. The van der Waals surface area contributed by atoms with Crippen molar-refractivity contribution in [2.45, 2.75) is 6.92 Å². The standard InChI is InChI=1S/C12H18N4OS/c1-9(10-4-3-5-11(13)8-10)15-16-12(18)14-6-7-17-2/h3-5,8H,6-7,13H2,1-2H3,(H2,14,16,18)/b15-9-. The van der Waals surface area contributed by atoms with Crippen LogP contribution in [0.15, 0.2) is 29.4 Å². The van der Waals surface area contributed by atoms with E-state index in [9.17, 15) is 0 Å².